The van der Waals surface area contributed by atoms with E-state index in [4.69, 9.17) is 0 Å². The molecule has 2 heterocycles. The molecule has 0 bridgehead atoms. The summed E-state index contributed by atoms with van der Waals surface area (Å²) in [5.41, 5.74) is 1.63. The molecule has 1 fully saturated rings. The van der Waals surface area contributed by atoms with Crippen LogP contribution in [0, 0.1) is 0 Å². The Bertz CT molecular complexity index is 1090. The predicted octanol–water partition coefficient (Wildman–Crippen LogP) is 4.05. The number of amides is 2. The predicted molar refractivity (Wildman–Crippen MR) is 133 cm³/mol. The summed E-state index contributed by atoms with van der Waals surface area (Å²) < 4.78 is 0. The van der Waals surface area contributed by atoms with E-state index in [0.717, 1.165) is 49.1 Å². The molecule has 0 unspecified atom stereocenters. The molecular weight excluding hydrogens is 412 g/mol. The van der Waals surface area contributed by atoms with Crippen LogP contribution in [0.3, 0.4) is 0 Å². The average Bonchev–Trinajstić information content (AvgIpc) is 2.86. The zero-order chi connectivity index (χ0) is 23.0. The van der Waals surface area contributed by atoms with E-state index < -0.39 is 0 Å². The highest BCUT2D eigenvalue weighted by Crippen LogP contribution is 2.18. The highest BCUT2D eigenvalue weighted by atomic mass is 16.2. The maximum absolute atomic E-state index is 12.8. The molecule has 6 heteroatoms. The van der Waals surface area contributed by atoms with Crippen LogP contribution in [0.4, 0.5) is 5.82 Å². The molecule has 0 aliphatic carbocycles. The summed E-state index contributed by atoms with van der Waals surface area (Å²) in [6.07, 6.45) is 5.31. The topological polar surface area (TPSA) is 65.5 Å². The van der Waals surface area contributed by atoms with Crippen LogP contribution >= 0.6 is 0 Å². The second-order valence-electron chi connectivity index (χ2n) is 8.59. The van der Waals surface area contributed by atoms with Gasteiger partial charge in [0, 0.05) is 38.9 Å². The molecule has 33 heavy (non-hydrogen) atoms. The summed E-state index contributed by atoms with van der Waals surface area (Å²) in [5, 5.41) is 5.30. The van der Waals surface area contributed by atoms with Crippen LogP contribution < -0.4 is 10.2 Å². The molecular formula is C27H32N4O2. The lowest BCUT2D eigenvalue weighted by Crippen LogP contribution is -2.49. The Kier molecular flexibility index (Phi) is 7.55. The maximum atomic E-state index is 12.8. The van der Waals surface area contributed by atoms with Gasteiger partial charge >= 0.3 is 0 Å². The van der Waals surface area contributed by atoms with Crippen LogP contribution in [-0.2, 0) is 11.2 Å². The standard InChI is InChI=1S/C27H32N4O2/c1-2-3-6-13-28-27(33)24-11-12-25(29-20-24)30-14-16-31(17-15-30)26(32)19-21-9-10-22-7-4-5-8-23(22)18-21/h4-5,7-12,18,20H,2-3,6,13-17,19H2,1H3,(H,28,33). The number of anilines is 1. The molecule has 0 saturated carbocycles. The Labute approximate surface area is 195 Å². The van der Waals surface area contributed by atoms with Gasteiger partial charge in [0.1, 0.15) is 5.82 Å². The fourth-order valence-electron chi connectivity index (χ4n) is 4.21. The number of nitrogens with zero attached hydrogens (tertiary/aromatic N) is 3. The van der Waals surface area contributed by atoms with Gasteiger partial charge in [0.05, 0.1) is 12.0 Å². The maximum Gasteiger partial charge on any atom is 0.252 e. The third kappa shape index (κ3) is 5.89. The molecule has 4 rings (SSSR count). The molecule has 1 N–H and O–H groups in total. The van der Waals surface area contributed by atoms with Crippen LogP contribution in [0.2, 0.25) is 0 Å². The first-order chi connectivity index (χ1) is 16.1. The van der Waals surface area contributed by atoms with E-state index in [1.165, 1.54) is 5.39 Å². The van der Waals surface area contributed by atoms with Crippen molar-refractivity contribution in [1.82, 2.24) is 15.2 Å². The minimum atomic E-state index is -0.0748. The fourth-order valence-corrected chi connectivity index (χ4v) is 4.21. The summed E-state index contributed by atoms with van der Waals surface area (Å²) >= 11 is 0. The number of benzene rings is 2. The van der Waals surface area contributed by atoms with Gasteiger partial charge in [0.2, 0.25) is 5.91 Å². The van der Waals surface area contributed by atoms with Crippen LogP contribution in [0.1, 0.15) is 42.1 Å². The zero-order valence-electron chi connectivity index (χ0n) is 19.3. The Morgan fingerprint density at radius 2 is 1.73 bits per heavy atom. The van der Waals surface area contributed by atoms with E-state index in [9.17, 15) is 9.59 Å². The first-order valence-corrected chi connectivity index (χ1v) is 11.9. The number of hydrogen-bond acceptors (Lipinski definition) is 4. The smallest absolute Gasteiger partial charge is 0.252 e. The van der Waals surface area contributed by atoms with E-state index >= 15 is 0 Å². The Morgan fingerprint density at radius 3 is 2.45 bits per heavy atom. The second kappa shape index (κ2) is 10.9. The van der Waals surface area contributed by atoms with Crippen molar-refractivity contribution in [3.63, 3.8) is 0 Å². The van der Waals surface area contributed by atoms with E-state index in [2.05, 4.69) is 46.4 Å². The van der Waals surface area contributed by atoms with Crippen molar-refractivity contribution in [3.05, 3.63) is 71.9 Å². The van der Waals surface area contributed by atoms with Gasteiger partial charge in [-0.1, -0.05) is 62.2 Å². The van der Waals surface area contributed by atoms with Gasteiger partial charge in [-0.05, 0) is 34.9 Å². The lowest BCUT2D eigenvalue weighted by atomic mass is 10.0. The number of unbranched alkanes of at least 4 members (excludes halogenated alkanes) is 2. The second-order valence-corrected chi connectivity index (χ2v) is 8.59. The zero-order valence-corrected chi connectivity index (χ0v) is 19.3. The van der Waals surface area contributed by atoms with Crippen molar-refractivity contribution in [2.24, 2.45) is 0 Å². The monoisotopic (exact) mass is 444 g/mol. The van der Waals surface area contributed by atoms with Crippen LogP contribution in [0.5, 0.6) is 0 Å². The lowest BCUT2D eigenvalue weighted by molar-refractivity contribution is -0.130. The minimum Gasteiger partial charge on any atom is -0.353 e. The molecule has 6 nitrogen and oxygen atoms in total. The molecule has 0 radical (unpaired) electrons. The molecule has 172 valence electrons. The summed E-state index contributed by atoms with van der Waals surface area (Å²) in [6.45, 7) is 5.66. The van der Waals surface area contributed by atoms with E-state index in [1.807, 2.05) is 35.2 Å². The van der Waals surface area contributed by atoms with Gasteiger partial charge in [-0.2, -0.15) is 0 Å². The molecule has 1 saturated heterocycles. The van der Waals surface area contributed by atoms with E-state index in [1.54, 1.807) is 6.20 Å². The SMILES string of the molecule is CCCCCNC(=O)c1ccc(N2CCN(C(=O)Cc3ccc4ccccc4c3)CC2)nc1. The number of aromatic nitrogens is 1. The Hall–Kier alpha value is -3.41. The van der Waals surface area contributed by atoms with Gasteiger partial charge in [0.15, 0.2) is 0 Å². The third-order valence-corrected chi connectivity index (χ3v) is 6.20. The summed E-state index contributed by atoms with van der Waals surface area (Å²) in [5.74, 6) is 0.932. The molecule has 2 aromatic carbocycles. The van der Waals surface area contributed by atoms with Crippen LogP contribution in [-0.4, -0.2) is 54.4 Å². The third-order valence-electron chi connectivity index (χ3n) is 6.20. The van der Waals surface area contributed by atoms with Gasteiger partial charge in [-0.3, -0.25) is 9.59 Å². The summed E-state index contributed by atoms with van der Waals surface area (Å²) in [7, 11) is 0. The van der Waals surface area contributed by atoms with Crippen LogP contribution in [0.15, 0.2) is 60.8 Å². The van der Waals surface area contributed by atoms with Crippen molar-refractivity contribution in [1.29, 1.82) is 0 Å². The first kappa shape index (κ1) is 22.8. The highest BCUT2D eigenvalue weighted by molar-refractivity contribution is 5.94. The molecule has 0 spiro atoms. The highest BCUT2D eigenvalue weighted by Gasteiger charge is 2.22. The number of piperazine rings is 1. The number of carbonyl (C=O) groups excluding carboxylic acids is 2. The van der Waals surface area contributed by atoms with Crippen molar-refractivity contribution in [3.8, 4) is 0 Å². The fraction of sp³-hybridized carbons (Fsp3) is 0.370. The van der Waals surface area contributed by atoms with Crippen LogP contribution in [0.25, 0.3) is 10.8 Å². The quantitative estimate of drug-likeness (QED) is 0.533. The van der Waals surface area contributed by atoms with Crippen molar-refractivity contribution >= 4 is 28.4 Å². The number of hydrogen-bond donors (Lipinski definition) is 1. The molecule has 1 aliphatic rings. The molecule has 3 aromatic rings. The first-order valence-electron chi connectivity index (χ1n) is 11.9. The molecule has 1 aliphatic heterocycles. The van der Waals surface area contributed by atoms with Crippen molar-refractivity contribution < 1.29 is 9.59 Å². The number of fused-ring (bicyclic) bond motifs is 1. The lowest BCUT2D eigenvalue weighted by Gasteiger charge is -2.35. The molecule has 2 amide bonds. The minimum absolute atomic E-state index is 0.0748. The van der Waals surface area contributed by atoms with Crippen molar-refractivity contribution in [2.45, 2.75) is 32.6 Å². The Balaban J connectivity index is 1.27. The molecule has 1 aromatic heterocycles. The Morgan fingerprint density at radius 1 is 0.939 bits per heavy atom. The number of nitrogens with one attached hydrogen (secondary N) is 1. The van der Waals surface area contributed by atoms with E-state index in [0.29, 0.717) is 31.6 Å². The number of carbonyl (C=O) groups is 2. The van der Waals surface area contributed by atoms with Gasteiger partial charge in [-0.15, -0.1) is 0 Å². The molecule has 0 atom stereocenters. The van der Waals surface area contributed by atoms with Gasteiger partial charge < -0.3 is 15.1 Å². The summed E-state index contributed by atoms with van der Waals surface area (Å²) in [6, 6.07) is 18.2. The van der Waals surface area contributed by atoms with E-state index in [-0.39, 0.29) is 11.8 Å². The van der Waals surface area contributed by atoms with Gasteiger partial charge in [0.25, 0.3) is 5.91 Å². The average molecular weight is 445 g/mol. The summed E-state index contributed by atoms with van der Waals surface area (Å²) in [4.78, 5) is 33.7. The largest absolute Gasteiger partial charge is 0.353 e. The normalized spacial score (nSPS) is 13.8. The number of rotatable bonds is 8. The number of pyridine rings is 1. The van der Waals surface area contributed by atoms with Gasteiger partial charge in [-0.25, -0.2) is 4.98 Å². The van der Waals surface area contributed by atoms with Crippen molar-refractivity contribution in [2.75, 3.05) is 37.6 Å².